The first-order valence-electron chi connectivity index (χ1n) is 4.39. The second-order valence-corrected chi connectivity index (χ2v) is 3.09. The molecule has 0 aromatic rings. The van der Waals surface area contributed by atoms with Crippen molar-refractivity contribution in [1.29, 1.82) is 0 Å². The first-order chi connectivity index (χ1) is 5.22. The summed E-state index contributed by atoms with van der Waals surface area (Å²) in [6.45, 7) is 4.90. The maximum absolute atomic E-state index is 9.38. The maximum Gasteiger partial charge on any atom is 0.0563 e. The minimum atomic E-state index is -0.133. The lowest BCUT2D eigenvalue weighted by Crippen LogP contribution is -2.16. The fourth-order valence-electron chi connectivity index (χ4n) is 1.14. The summed E-state index contributed by atoms with van der Waals surface area (Å²) < 4.78 is 4.92. The number of methoxy groups -OCH3 is 1. The molecule has 0 radical (unpaired) electrons. The van der Waals surface area contributed by atoms with Crippen molar-refractivity contribution < 1.29 is 9.84 Å². The van der Waals surface area contributed by atoms with Crippen molar-refractivity contribution >= 4 is 0 Å². The summed E-state index contributed by atoms with van der Waals surface area (Å²) in [5.74, 6) is 0.412. The second-order valence-electron chi connectivity index (χ2n) is 3.09. The summed E-state index contributed by atoms with van der Waals surface area (Å²) in [5.41, 5.74) is 0. The molecule has 0 heterocycles. The van der Waals surface area contributed by atoms with Crippen LogP contribution in [-0.4, -0.2) is 24.9 Å². The molecule has 0 amide bonds. The molecule has 0 aliphatic heterocycles. The number of ether oxygens (including phenoxy) is 1. The minimum Gasteiger partial charge on any atom is -0.393 e. The van der Waals surface area contributed by atoms with Gasteiger partial charge in [0.05, 0.1) is 6.10 Å². The largest absolute Gasteiger partial charge is 0.393 e. The van der Waals surface area contributed by atoms with Gasteiger partial charge in [-0.2, -0.15) is 0 Å². The summed E-state index contributed by atoms with van der Waals surface area (Å²) >= 11 is 0. The third kappa shape index (κ3) is 5.22. The third-order valence-electron chi connectivity index (χ3n) is 2.08. The van der Waals surface area contributed by atoms with Gasteiger partial charge < -0.3 is 9.84 Å². The molecule has 0 fully saturated rings. The van der Waals surface area contributed by atoms with E-state index < -0.39 is 0 Å². The zero-order chi connectivity index (χ0) is 8.69. The van der Waals surface area contributed by atoms with Gasteiger partial charge in [0.1, 0.15) is 0 Å². The van der Waals surface area contributed by atoms with Crippen LogP contribution in [0.5, 0.6) is 0 Å². The summed E-state index contributed by atoms with van der Waals surface area (Å²) in [6.07, 6.45) is 2.83. The Hall–Kier alpha value is -0.0800. The zero-order valence-electron chi connectivity index (χ0n) is 7.84. The van der Waals surface area contributed by atoms with Gasteiger partial charge in [-0.05, 0) is 25.2 Å². The highest BCUT2D eigenvalue weighted by Crippen LogP contribution is 2.12. The fourth-order valence-corrected chi connectivity index (χ4v) is 1.14. The highest BCUT2D eigenvalue weighted by atomic mass is 16.5. The van der Waals surface area contributed by atoms with Crippen LogP contribution in [0.4, 0.5) is 0 Å². The van der Waals surface area contributed by atoms with Crippen LogP contribution in [0.1, 0.15) is 33.1 Å². The van der Waals surface area contributed by atoms with Crippen LogP contribution in [0.25, 0.3) is 0 Å². The molecule has 0 aromatic carbocycles. The second kappa shape index (κ2) is 6.62. The van der Waals surface area contributed by atoms with Crippen molar-refractivity contribution in [1.82, 2.24) is 0 Å². The first kappa shape index (κ1) is 10.9. The normalized spacial score (nSPS) is 16.4. The molecule has 2 unspecified atom stereocenters. The fraction of sp³-hybridized carbons (Fsp3) is 1.00. The molecule has 0 saturated heterocycles. The quantitative estimate of drug-likeness (QED) is 0.600. The van der Waals surface area contributed by atoms with Crippen LogP contribution in [-0.2, 0) is 4.74 Å². The van der Waals surface area contributed by atoms with E-state index in [1.807, 2.05) is 6.92 Å². The van der Waals surface area contributed by atoms with Crippen molar-refractivity contribution in [3.63, 3.8) is 0 Å². The summed E-state index contributed by atoms with van der Waals surface area (Å²) in [4.78, 5) is 0. The van der Waals surface area contributed by atoms with Gasteiger partial charge in [-0.3, -0.25) is 0 Å². The van der Waals surface area contributed by atoms with E-state index in [1.165, 1.54) is 0 Å². The summed E-state index contributed by atoms with van der Waals surface area (Å²) in [5, 5.41) is 9.38. The Labute approximate surface area is 69.6 Å². The highest BCUT2D eigenvalue weighted by Gasteiger charge is 2.10. The zero-order valence-corrected chi connectivity index (χ0v) is 7.84. The van der Waals surface area contributed by atoms with Crippen LogP contribution in [0.3, 0.4) is 0 Å². The predicted molar refractivity (Wildman–Crippen MR) is 46.6 cm³/mol. The van der Waals surface area contributed by atoms with Crippen molar-refractivity contribution in [2.45, 2.75) is 39.2 Å². The SMILES string of the molecule is CCC(O)C(C)CCCOC. The monoisotopic (exact) mass is 160 g/mol. The molecule has 0 aliphatic carbocycles. The van der Waals surface area contributed by atoms with Gasteiger partial charge in [-0.1, -0.05) is 13.8 Å². The summed E-state index contributed by atoms with van der Waals surface area (Å²) in [6, 6.07) is 0. The van der Waals surface area contributed by atoms with E-state index in [0.29, 0.717) is 5.92 Å². The van der Waals surface area contributed by atoms with Gasteiger partial charge >= 0.3 is 0 Å². The molecule has 1 N–H and O–H groups in total. The Bertz CT molecular complexity index is 83.6. The Morgan fingerprint density at radius 3 is 2.55 bits per heavy atom. The number of aliphatic hydroxyl groups is 1. The van der Waals surface area contributed by atoms with E-state index in [0.717, 1.165) is 25.9 Å². The Kier molecular flexibility index (Phi) is 6.57. The molecule has 0 aliphatic rings. The van der Waals surface area contributed by atoms with Crippen LogP contribution in [0.15, 0.2) is 0 Å². The standard InChI is InChI=1S/C9H20O2/c1-4-9(10)8(2)6-5-7-11-3/h8-10H,4-7H2,1-3H3. The molecule has 0 saturated carbocycles. The maximum atomic E-state index is 9.38. The van der Waals surface area contributed by atoms with Crippen LogP contribution >= 0.6 is 0 Å². The van der Waals surface area contributed by atoms with Crippen molar-refractivity contribution in [2.24, 2.45) is 5.92 Å². The number of aliphatic hydroxyl groups excluding tert-OH is 1. The Morgan fingerprint density at radius 2 is 2.09 bits per heavy atom. The molecular weight excluding hydrogens is 140 g/mol. The number of rotatable bonds is 6. The lowest BCUT2D eigenvalue weighted by Gasteiger charge is -2.16. The van der Waals surface area contributed by atoms with Gasteiger partial charge in [0, 0.05) is 13.7 Å². The van der Waals surface area contributed by atoms with Gasteiger partial charge in [-0.15, -0.1) is 0 Å². The third-order valence-corrected chi connectivity index (χ3v) is 2.08. The molecular formula is C9H20O2. The summed E-state index contributed by atoms with van der Waals surface area (Å²) in [7, 11) is 1.71. The molecule has 0 spiro atoms. The average Bonchev–Trinajstić information content (AvgIpc) is 2.03. The van der Waals surface area contributed by atoms with Crippen molar-refractivity contribution in [3.8, 4) is 0 Å². The number of hydrogen-bond donors (Lipinski definition) is 1. The molecule has 2 atom stereocenters. The van der Waals surface area contributed by atoms with Crippen LogP contribution in [0.2, 0.25) is 0 Å². The van der Waals surface area contributed by atoms with E-state index in [9.17, 15) is 5.11 Å². The lowest BCUT2D eigenvalue weighted by molar-refractivity contribution is 0.0992. The van der Waals surface area contributed by atoms with Crippen LogP contribution in [0, 0.1) is 5.92 Å². The van der Waals surface area contributed by atoms with Gasteiger partial charge in [-0.25, -0.2) is 0 Å². The van der Waals surface area contributed by atoms with E-state index in [-0.39, 0.29) is 6.10 Å². The molecule has 2 nitrogen and oxygen atoms in total. The Balaban J connectivity index is 3.28. The smallest absolute Gasteiger partial charge is 0.0563 e. The number of hydrogen-bond acceptors (Lipinski definition) is 2. The molecule has 68 valence electrons. The Morgan fingerprint density at radius 1 is 1.45 bits per heavy atom. The highest BCUT2D eigenvalue weighted by molar-refractivity contribution is 4.62. The average molecular weight is 160 g/mol. The lowest BCUT2D eigenvalue weighted by atomic mass is 9.97. The van der Waals surface area contributed by atoms with Gasteiger partial charge in [0.2, 0.25) is 0 Å². The van der Waals surface area contributed by atoms with E-state index in [1.54, 1.807) is 7.11 Å². The molecule has 11 heavy (non-hydrogen) atoms. The first-order valence-corrected chi connectivity index (χ1v) is 4.39. The van der Waals surface area contributed by atoms with E-state index in [2.05, 4.69) is 6.92 Å². The van der Waals surface area contributed by atoms with Gasteiger partial charge in [0.15, 0.2) is 0 Å². The minimum absolute atomic E-state index is 0.133. The van der Waals surface area contributed by atoms with Crippen LogP contribution < -0.4 is 0 Å². The van der Waals surface area contributed by atoms with Crippen molar-refractivity contribution in [2.75, 3.05) is 13.7 Å². The molecule has 0 aromatic heterocycles. The van der Waals surface area contributed by atoms with Crippen molar-refractivity contribution in [3.05, 3.63) is 0 Å². The van der Waals surface area contributed by atoms with Gasteiger partial charge in [0.25, 0.3) is 0 Å². The molecule has 0 bridgehead atoms. The molecule has 2 heteroatoms. The predicted octanol–water partition coefficient (Wildman–Crippen LogP) is 1.82. The van der Waals surface area contributed by atoms with E-state index >= 15 is 0 Å². The topological polar surface area (TPSA) is 29.5 Å². The van der Waals surface area contributed by atoms with E-state index in [4.69, 9.17) is 4.74 Å². The molecule has 0 rings (SSSR count).